The second-order valence-electron chi connectivity index (χ2n) is 6.89. The molecule has 2 aliphatic rings. The average Bonchev–Trinajstić information content (AvgIpc) is 3.27. The third-order valence-corrected chi connectivity index (χ3v) is 5.02. The van der Waals surface area contributed by atoms with Crippen molar-refractivity contribution in [2.45, 2.75) is 31.2 Å². The van der Waals surface area contributed by atoms with Gasteiger partial charge in [0.2, 0.25) is 0 Å². The summed E-state index contributed by atoms with van der Waals surface area (Å²) in [6, 6.07) is 4.18. The summed E-state index contributed by atoms with van der Waals surface area (Å²) in [7, 11) is 2.96. The molecular formula is C19H23N3O7. The zero-order valence-corrected chi connectivity index (χ0v) is 16.3. The SMILES string of the molecule is COc1ccc(NC(=O)COC(=O)CN2C(=O)NC3(CCCC3)C2=O)cc1OC. The van der Waals surface area contributed by atoms with Crippen molar-refractivity contribution in [3.05, 3.63) is 18.2 Å². The predicted molar refractivity (Wildman–Crippen MR) is 101 cm³/mol. The summed E-state index contributed by atoms with van der Waals surface area (Å²) < 4.78 is 15.2. The van der Waals surface area contributed by atoms with Crippen molar-refractivity contribution in [2.24, 2.45) is 0 Å². The lowest BCUT2D eigenvalue weighted by atomic mass is 9.98. The van der Waals surface area contributed by atoms with Crippen LogP contribution in [0.15, 0.2) is 18.2 Å². The summed E-state index contributed by atoms with van der Waals surface area (Å²) in [5.41, 5.74) is -0.455. The Labute approximate surface area is 167 Å². The topological polar surface area (TPSA) is 123 Å². The lowest BCUT2D eigenvalue weighted by Crippen LogP contribution is -2.44. The summed E-state index contributed by atoms with van der Waals surface area (Å²) in [5, 5.41) is 5.24. The number of ether oxygens (including phenoxy) is 3. The highest BCUT2D eigenvalue weighted by Gasteiger charge is 2.52. The molecule has 10 heteroatoms. The van der Waals surface area contributed by atoms with Gasteiger partial charge in [-0.25, -0.2) is 4.79 Å². The number of benzene rings is 1. The van der Waals surface area contributed by atoms with E-state index in [9.17, 15) is 19.2 Å². The number of anilines is 1. The van der Waals surface area contributed by atoms with Crippen LogP contribution in [-0.4, -0.2) is 61.6 Å². The summed E-state index contributed by atoms with van der Waals surface area (Å²) in [4.78, 5) is 49.4. The van der Waals surface area contributed by atoms with Gasteiger partial charge in [-0.1, -0.05) is 12.8 Å². The van der Waals surface area contributed by atoms with Crippen LogP contribution in [-0.2, 0) is 19.1 Å². The van der Waals surface area contributed by atoms with Gasteiger partial charge in [-0.3, -0.25) is 19.3 Å². The Hall–Kier alpha value is -3.30. The second kappa shape index (κ2) is 8.38. The first kappa shape index (κ1) is 20.4. The van der Waals surface area contributed by atoms with Crippen LogP contribution in [0.2, 0.25) is 0 Å². The number of carbonyl (C=O) groups is 4. The number of rotatable bonds is 7. The Bertz CT molecular complexity index is 833. The van der Waals surface area contributed by atoms with E-state index in [1.807, 2.05) is 0 Å². The monoisotopic (exact) mass is 405 g/mol. The summed E-state index contributed by atoms with van der Waals surface area (Å²) in [6.07, 6.45) is 2.83. The zero-order chi connectivity index (χ0) is 21.0. The number of nitrogens with zero attached hydrogens (tertiary/aromatic N) is 1. The minimum absolute atomic E-state index is 0.410. The van der Waals surface area contributed by atoms with Gasteiger partial charge in [-0.2, -0.15) is 0 Å². The number of imide groups is 1. The average molecular weight is 405 g/mol. The van der Waals surface area contributed by atoms with Gasteiger partial charge in [0.05, 0.1) is 14.2 Å². The third kappa shape index (κ3) is 4.25. The molecule has 0 atom stereocenters. The predicted octanol–water partition coefficient (Wildman–Crippen LogP) is 1.05. The minimum Gasteiger partial charge on any atom is -0.493 e. The van der Waals surface area contributed by atoms with E-state index >= 15 is 0 Å². The number of esters is 1. The number of urea groups is 1. The Morgan fingerprint density at radius 1 is 1.14 bits per heavy atom. The van der Waals surface area contributed by atoms with Crippen molar-refractivity contribution in [3.8, 4) is 11.5 Å². The standard InChI is InChI=1S/C19H23N3O7/c1-27-13-6-5-12(9-14(13)28-2)20-15(23)11-29-16(24)10-22-17(25)19(21-18(22)26)7-3-4-8-19/h5-6,9H,3-4,7-8,10-11H2,1-2H3,(H,20,23)(H,21,26). The molecule has 1 aliphatic carbocycles. The molecule has 29 heavy (non-hydrogen) atoms. The molecule has 3 rings (SSSR count). The number of methoxy groups -OCH3 is 2. The van der Waals surface area contributed by atoms with Gasteiger partial charge >= 0.3 is 12.0 Å². The maximum absolute atomic E-state index is 12.5. The number of nitrogens with one attached hydrogen (secondary N) is 2. The van der Waals surface area contributed by atoms with E-state index in [0.717, 1.165) is 17.7 Å². The van der Waals surface area contributed by atoms with E-state index in [2.05, 4.69) is 10.6 Å². The van der Waals surface area contributed by atoms with Crippen molar-refractivity contribution < 1.29 is 33.4 Å². The Balaban J connectivity index is 1.50. The fraction of sp³-hybridized carbons (Fsp3) is 0.474. The molecule has 1 aromatic rings. The van der Waals surface area contributed by atoms with Crippen LogP contribution in [0.5, 0.6) is 11.5 Å². The highest BCUT2D eigenvalue weighted by molar-refractivity contribution is 6.09. The van der Waals surface area contributed by atoms with E-state index in [0.29, 0.717) is 30.0 Å². The highest BCUT2D eigenvalue weighted by atomic mass is 16.5. The number of hydrogen-bond donors (Lipinski definition) is 2. The third-order valence-electron chi connectivity index (χ3n) is 5.02. The molecule has 1 aromatic carbocycles. The Kier molecular flexibility index (Phi) is 5.90. The Morgan fingerprint density at radius 2 is 1.83 bits per heavy atom. The largest absolute Gasteiger partial charge is 0.493 e. The molecular weight excluding hydrogens is 382 g/mol. The van der Waals surface area contributed by atoms with Gasteiger partial charge in [-0.15, -0.1) is 0 Å². The van der Waals surface area contributed by atoms with Crippen LogP contribution >= 0.6 is 0 Å². The van der Waals surface area contributed by atoms with Crippen LogP contribution < -0.4 is 20.1 Å². The van der Waals surface area contributed by atoms with Gasteiger partial charge in [0, 0.05) is 11.8 Å². The van der Waals surface area contributed by atoms with Crippen LogP contribution in [0.1, 0.15) is 25.7 Å². The van der Waals surface area contributed by atoms with Crippen molar-refractivity contribution in [3.63, 3.8) is 0 Å². The van der Waals surface area contributed by atoms with Crippen molar-refractivity contribution >= 4 is 29.5 Å². The quantitative estimate of drug-likeness (QED) is 0.513. The molecule has 0 unspecified atom stereocenters. The van der Waals surface area contributed by atoms with Gasteiger partial charge in [-0.05, 0) is 25.0 Å². The second-order valence-corrected chi connectivity index (χ2v) is 6.89. The first-order valence-electron chi connectivity index (χ1n) is 9.20. The molecule has 2 fully saturated rings. The Morgan fingerprint density at radius 3 is 2.48 bits per heavy atom. The lowest BCUT2D eigenvalue weighted by molar-refractivity contribution is -0.150. The van der Waals surface area contributed by atoms with E-state index < -0.39 is 42.5 Å². The first-order chi connectivity index (χ1) is 13.9. The molecule has 1 heterocycles. The fourth-order valence-corrected chi connectivity index (χ4v) is 3.57. The fourth-order valence-electron chi connectivity index (χ4n) is 3.57. The van der Waals surface area contributed by atoms with E-state index in [-0.39, 0.29) is 0 Å². The molecule has 1 saturated heterocycles. The molecule has 1 saturated carbocycles. The zero-order valence-electron chi connectivity index (χ0n) is 16.3. The highest BCUT2D eigenvalue weighted by Crippen LogP contribution is 2.35. The van der Waals surface area contributed by atoms with Crippen molar-refractivity contribution in [1.29, 1.82) is 0 Å². The normalized spacial score (nSPS) is 17.2. The van der Waals surface area contributed by atoms with Gasteiger partial charge in [0.25, 0.3) is 11.8 Å². The number of carbonyl (C=O) groups excluding carboxylic acids is 4. The molecule has 10 nitrogen and oxygen atoms in total. The molecule has 0 bridgehead atoms. The van der Waals surface area contributed by atoms with Gasteiger partial charge in [0.15, 0.2) is 18.1 Å². The van der Waals surface area contributed by atoms with Crippen LogP contribution in [0.3, 0.4) is 0 Å². The van der Waals surface area contributed by atoms with E-state index in [1.165, 1.54) is 14.2 Å². The molecule has 1 aliphatic heterocycles. The van der Waals surface area contributed by atoms with Gasteiger partial charge in [0.1, 0.15) is 12.1 Å². The maximum atomic E-state index is 12.5. The van der Waals surface area contributed by atoms with Crippen LogP contribution in [0.25, 0.3) is 0 Å². The van der Waals surface area contributed by atoms with E-state index in [1.54, 1.807) is 18.2 Å². The van der Waals surface area contributed by atoms with Crippen LogP contribution in [0.4, 0.5) is 10.5 Å². The molecule has 0 radical (unpaired) electrons. The van der Waals surface area contributed by atoms with Crippen molar-refractivity contribution in [2.75, 3.05) is 32.7 Å². The minimum atomic E-state index is -0.887. The number of hydrogen-bond acceptors (Lipinski definition) is 7. The van der Waals surface area contributed by atoms with E-state index in [4.69, 9.17) is 14.2 Å². The van der Waals surface area contributed by atoms with Crippen molar-refractivity contribution in [1.82, 2.24) is 10.2 Å². The molecule has 2 N–H and O–H groups in total. The summed E-state index contributed by atoms with van der Waals surface area (Å²) >= 11 is 0. The van der Waals surface area contributed by atoms with Gasteiger partial charge < -0.3 is 24.8 Å². The number of amides is 4. The molecule has 0 aromatic heterocycles. The molecule has 1 spiro atoms. The van der Waals surface area contributed by atoms with Crippen LogP contribution in [0, 0.1) is 0 Å². The molecule has 4 amide bonds. The summed E-state index contributed by atoms with van der Waals surface area (Å²) in [6.45, 7) is -1.09. The molecule has 156 valence electrons. The first-order valence-corrected chi connectivity index (χ1v) is 9.20. The summed E-state index contributed by atoms with van der Waals surface area (Å²) in [5.74, 6) is -0.889. The smallest absolute Gasteiger partial charge is 0.326 e. The maximum Gasteiger partial charge on any atom is 0.326 e. The lowest BCUT2D eigenvalue weighted by Gasteiger charge is -2.19.